The van der Waals surface area contributed by atoms with E-state index in [1.165, 1.54) is 17.1 Å². The number of hydrogen-bond donors (Lipinski definition) is 3. The maximum atomic E-state index is 11.8. The van der Waals surface area contributed by atoms with Gasteiger partial charge in [-0.1, -0.05) is 0 Å². The lowest BCUT2D eigenvalue weighted by Crippen LogP contribution is -2.37. The molecule has 1 heterocycles. The van der Waals surface area contributed by atoms with Crippen LogP contribution in [0, 0.1) is 0 Å². The molecule has 274 valence electrons. The summed E-state index contributed by atoms with van der Waals surface area (Å²) in [4.78, 5) is 34.8. The minimum absolute atomic E-state index is 0.0103. The van der Waals surface area contributed by atoms with Gasteiger partial charge in [0.2, 0.25) is 11.8 Å². The normalized spacial score (nSPS) is 14.4. The first kappa shape index (κ1) is 42.7. The van der Waals surface area contributed by atoms with Crippen LogP contribution in [0.15, 0.2) is 12.2 Å². The van der Waals surface area contributed by atoms with Crippen molar-refractivity contribution in [1.82, 2.24) is 10.2 Å². The third-order valence-electron chi connectivity index (χ3n) is 5.97. The Balaban J connectivity index is 1.65. The number of aliphatic hydroxyl groups is 1. The lowest BCUT2D eigenvalue weighted by Gasteiger charge is -2.19. The molecule has 0 saturated carbocycles. The number of amides is 2. The van der Waals surface area contributed by atoms with E-state index in [9.17, 15) is 19.5 Å². The van der Waals surface area contributed by atoms with Gasteiger partial charge in [0, 0.05) is 25.6 Å². The van der Waals surface area contributed by atoms with Crippen molar-refractivity contribution in [2.24, 2.45) is 0 Å². The Morgan fingerprint density at radius 2 is 0.915 bits per heavy atom. The van der Waals surface area contributed by atoms with Gasteiger partial charge in [-0.15, -0.1) is 0 Å². The summed E-state index contributed by atoms with van der Waals surface area (Å²) in [6.07, 6.45) is 1.81. The van der Waals surface area contributed by atoms with E-state index in [0.29, 0.717) is 132 Å². The second-order valence-electron chi connectivity index (χ2n) is 9.67. The molecule has 0 radical (unpaired) electrons. The highest BCUT2D eigenvalue weighted by molar-refractivity contribution is 5.90. The smallest absolute Gasteiger partial charge is 0.305 e. The molecule has 1 rings (SSSR count). The zero-order valence-corrected chi connectivity index (χ0v) is 27.4. The van der Waals surface area contributed by atoms with Gasteiger partial charge in [0.05, 0.1) is 139 Å². The number of carbonyl (C=O) groups excluding carboxylic acids is 2. The molecule has 1 aliphatic rings. The molecular formula is C30H54N2O15. The Kier molecular flexibility index (Phi) is 29.3. The van der Waals surface area contributed by atoms with Gasteiger partial charge in [-0.2, -0.15) is 0 Å². The van der Waals surface area contributed by atoms with Crippen LogP contribution in [0.1, 0.15) is 12.8 Å². The fourth-order valence-corrected chi connectivity index (χ4v) is 3.55. The maximum absolute atomic E-state index is 11.8. The topological polar surface area (TPSA) is 199 Å². The third kappa shape index (κ3) is 28.4. The van der Waals surface area contributed by atoms with Crippen molar-refractivity contribution >= 4 is 17.8 Å². The van der Waals surface area contributed by atoms with Crippen LogP contribution < -0.4 is 5.32 Å². The van der Waals surface area contributed by atoms with E-state index < -0.39 is 12.2 Å². The van der Waals surface area contributed by atoms with Gasteiger partial charge in [-0.05, 0) is 6.08 Å². The number of aliphatic carboxylic acids is 1. The fraction of sp³-hybridized carbons (Fsp3) is 0.833. The van der Waals surface area contributed by atoms with E-state index in [-0.39, 0.29) is 37.8 Å². The molecule has 3 N–H and O–H groups in total. The van der Waals surface area contributed by atoms with E-state index in [2.05, 4.69) is 5.32 Å². The van der Waals surface area contributed by atoms with E-state index >= 15 is 0 Å². The number of nitrogens with zero attached hydrogens (tertiary/aromatic N) is 1. The average Bonchev–Trinajstić information content (AvgIpc) is 3.38. The summed E-state index contributed by atoms with van der Waals surface area (Å²) in [6.45, 7) is 8.98. The largest absolute Gasteiger partial charge is 0.481 e. The van der Waals surface area contributed by atoms with Crippen molar-refractivity contribution in [3.05, 3.63) is 12.2 Å². The maximum Gasteiger partial charge on any atom is 0.305 e. The van der Waals surface area contributed by atoms with Crippen LogP contribution in [-0.4, -0.2) is 184 Å². The zero-order chi connectivity index (χ0) is 34.0. The average molecular weight is 683 g/mol. The second-order valence-corrected chi connectivity index (χ2v) is 9.67. The first-order valence-electron chi connectivity index (χ1n) is 15.9. The summed E-state index contributed by atoms with van der Waals surface area (Å²) in [5.74, 6) is -1.40. The molecule has 0 aliphatic carbocycles. The highest BCUT2D eigenvalue weighted by atomic mass is 16.6. The summed E-state index contributed by atoms with van der Waals surface area (Å²) < 4.78 is 53.8. The Morgan fingerprint density at radius 3 is 1.23 bits per heavy atom. The first-order valence-corrected chi connectivity index (χ1v) is 15.9. The van der Waals surface area contributed by atoms with Gasteiger partial charge in [0.15, 0.2) is 0 Å². The fourth-order valence-electron chi connectivity index (χ4n) is 3.55. The molecule has 0 aromatic carbocycles. The van der Waals surface area contributed by atoms with Gasteiger partial charge < -0.3 is 67.8 Å². The highest BCUT2D eigenvalue weighted by Gasteiger charge is 2.23. The van der Waals surface area contributed by atoms with Crippen LogP contribution >= 0.6 is 0 Å². The lowest BCUT2D eigenvalue weighted by molar-refractivity contribution is -0.138. The molecule has 0 aromatic rings. The van der Waals surface area contributed by atoms with Gasteiger partial charge in [-0.25, -0.2) is 0 Å². The summed E-state index contributed by atoms with van der Waals surface area (Å²) in [6, 6.07) is 0. The van der Waals surface area contributed by atoms with E-state index in [4.69, 9.17) is 52.5 Å². The number of aliphatic hydroxyl groups excluding tert-OH is 1. The Hall–Kier alpha value is -2.29. The molecule has 0 bridgehead atoms. The van der Waals surface area contributed by atoms with Crippen molar-refractivity contribution in [2.45, 2.75) is 19.1 Å². The number of carboxylic acid groups (broad SMARTS) is 1. The molecule has 0 spiro atoms. The third-order valence-corrected chi connectivity index (χ3v) is 5.97. The molecule has 1 unspecified atom stereocenters. The number of ether oxygens (including phenoxy) is 10. The molecule has 0 saturated heterocycles. The Morgan fingerprint density at radius 1 is 0.574 bits per heavy atom. The number of hydrogen-bond acceptors (Lipinski definition) is 14. The molecule has 1 aliphatic heterocycles. The molecule has 1 atom stereocenters. The Bertz CT molecular complexity index is 805. The van der Waals surface area contributed by atoms with Crippen molar-refractivity contribution in [1.29, 1.82) is 0 Å². The predicted octanol–water partition coefficient (Wildman–Crippen LogP) is -1.15. The molecule has 47 heavy (non-hydrogen) atoms. The van der Waals surface area contributed by atoms with Crippen LogP contribution in [0.3, 0.4) is 0 Å². The standard InChI is InChI=1S/C30H54N2O15/c33-27(3-6-32-28(34)1-2-29(32)35)31-5-8-39-10-12-41-14-16-43-18-20-45-22-24-47-26-25-46-23-21-44-19-17-42-15-13-40-11-9-38-7-4-30(36)37/h1-2,28,34H,3-26H2,(H,31,33)(H,36,37). The van der Waals surface area contributed by atoms with Gasteiger partial charge in [0.25, 0.3) is 0 Å². The predicted molar refractivity (Wildman–Crippen MR) is 165 cm³/mol. The second kappa shape index (κ2) is 32.3. The summed E-state index contributed by atoms with van der Waals surface area (Å²) in [5.41, 5.74) is 0. The molecule has 17 heteroatoms. The molecule has 17 nitrogen and oxygen atoms in total. The van der Waals surface area contributed by atoms with Crippen LogP contribution in [0.4, 0.5) is 0 Å². The van der Waals surface area contributed by atoms with Crippen LogP contribution in [-0.2, 0) is 61.8 Å². The molecular weight excluding hydrogens is 628 g/mol. The number of rotatable bonds is 36. The Labute approximate surface area is 276 Å². The van der Waals surface area contributed by atoms with Crippen LogP contribution in [0.5, 0.6) is 0 Å². The monoisotopic (exact) mass is 682 g/mol. The molecule has 2 amide bonds. The number of carbonyl (C=O) groups is 3. The van der Waals surface area contributed by atoms with Gasteiger partial charge in [-0.3, -0.25) is 14.4 Å². The molecule has 0 fully saturated rings. The summed E-state index contributed by atoms with van der Waals surface area (Å²) >= 11 is 0. The molecule has 0 aromatic heterocycles. The highest BCUT2D eigenvalue weighted by Crippen LogP contribution is 2.08. The van der Waals surface area contributed by atoms with Gasteiger partial charge >= 0.3 is 5.97 Å². The van der Waals surface area contributed by atoms with Crippen LogP contribution in [0.25, 0.3) is 0 Å². The zero-order valence-electron chi connectivity index (χ0n) is 27.4. The number of carboxylic acids is 1. The van der Waals surface area contributed by atoms with E-state index in [0.717, 1.165) is 0 Å². The summed E-state index contributed by atoms with van der Waals surface area (Å²) in [5, 5.41) is 20.8. The van der Waals surface area contributed by atoms with Crippen molar-refractivity contribution in [3.63, 3.8) is 0 Å². The summed E-state index contributed by atoms with van der Waals surface area (Å²) in [7, 11) is 0. The van der Waals surface area contributed by atoms with Crippen LogP contribution in [0.2, 0.25) is 0 Å². The quantitative estimate of drug-likeness (QED) is 0.0669. The lowest BCUT2D eigenvalue weighted by atomic mass is 10.3. The van der Waals surface area contributed by atoms with E-state index in [1.54, 1.807) is 0 Å². The van der Waals surface area contributed by atoms with Crippen molar-refractivity contribution in [2.75, 3.05) is 145 Å². The minimum Gasteiger partial charge on any atom is -0.481 e. The van der Waals surface area contributed by atoms with E-state index in [1.807, 2.05) is 0 Å². The van der Waals surface area contributed by atoms with Gasteiger partial charge in [0.1, 0.15) is 6.23 Å². The number of nitrogens with one attached hydrogen (secondary N) is 1. The minimum atomic E-state index is -0.962. The first-order chi connectivity index (χ1) is 23.0. The van der Waals surface area contributed by atoms with Crippen molar-refractivity contribution in [3.8, 4) is 0 Å². The SMILES string of the molecule is O=C(O)CCOCCOCCOCCOCCOCCOCCOCCOCCOCCOCCNC(=O)CCN1C(=O)C=CC1O. The van der Waals surface area contributed by atoms with Crippen molar-refractivity contribution < 1.29 is 72.0 Å².